The number of ketones is 1. The third kappa shape index (κ3) is 5.22. The number of halogens is 2. The highest BCUT2D eigenvalue weighted by Gasteiger charge is 2.47. The van der Waals surface area contributed by atoms with Crippen LogP contribution in [0.2, 0.25) is 10.0 Å². The van der Waals surface area contributed by atoms with Crippen molar-refractivity contribution in [2.75, 3.05) is 40.4 Å². The maximum Gasteiger partial charge on any atom is 0.311 e. The molecule has 0 aromatic heterocycles. The first-order chi connectivity index (χ1) is 18.0. The number of amides is 1. The van der Waals surface area contributed by atoms with Crippen LogP contribution in [0.15, 0.2) is 29.8 Å². The van der Waals surface area contributed by atoms with Gasteiger partial charge in [-0.1, -0.05) is 43.1 Å². The van der Waals surface area contributed by atoms with Gasteiger partial charge in [0, 0.05) is 19.2 Å². The van der Waals surface area contributed by atoms with Gasteiger partial charge < -0.3 is 29.5 Å². The molecule has 13 heteroatoms. The number of carbonyl (C=O) groups excluding carboxylic acids is 2. The molecule has 1 saturated heterocycles. The Morgan fingerprint density at radius 2 is 1.76 bits per heavy atom. The van der Waals surface area contributed by atoms with Crippen LogP contribution in [0.4, 0.5) is 5.69 Å². The molecular formula is C25H27Cl2N3O8. The molecule has 204 valence electrons. The van der Waals surface area contributed by atoms with Gasteiger partial charge in [-0.2, -0.15) is 0 Å². The first-order valence-electron chi connectivity index (χ1n) is 11.6. The maximum atomic E-state index is 13.3. The molecule has 0 aliphatic carbocycles. The molecule has 1 aliphatic heterocycles. The number of hydrogen-bond acceptors (Lipinski definition) is 9. The molecule has 0 radical (unpaired) electrons. The van der Waals surface area contributed by atoms with Gasteiger partial charge in [0.2, 0.25) is 0 Å². The molecule has 38 heavy (non-hydrogen) atoms. The maximum absolute atomic E-state index is 13.3. The van der Waals surface area contributed by atoms with Crippen molar-refractivity contribution >= 4 is 46.3 Å². The van der Waals surface area contributed by atoms with Crippen molar-refractivity contribution in [3.05, 3.63) is 61.1 Å². The lowest BCUT2D eigenvalue weighted by Gasteiger charge is -2.28. The number of likely N-dealkylation sites (tertiary alicyclic amines) is 1. The fourth-order valence-electron chi connectivity index (χ4n) is 4.39. The summed E-state index contributed by atoms with van der Waals surface area (Å²) in [6, 6.07) is 3.57. The molecule has 2 N–H and O–H groups in total. The van der Waals surface area contributed by atoms with Gasteiger partial charge in [0.1, 0.15) is 10.8 Å². The van der Waals surface area contributed by atoms with E-state index in [1.54, 1.807) is 0 Å². The highest BCUT2D eigenvalue weighted by Crippen LogP contribution is 2.47. The predicted octanol–water partition coefficient (Wildman–Crippen LogP) is 4.39. The number of nitrogens with zero attached hydrogens (tertiary/aromatic N) is 3. The number of rotatable bonds is 10. The number of benzene rings is 2. The topological polar surface area (TPSA) is 143 Å². The quantitative estimate of drug-likeness (QED) is 0.140. The molecule has 2 aromatic rings. The van der Waals surface area contributed by atoms with Gasteiger partial charge in [-0.25, -0.2) is 0 Å². The molecule has 1 atom stereocenters. The summed E-state index contributed by atoms with van der Waals surface area (Å²) >= 11 is 12.7. The number of aromatic hydroxyl groups is 1. The summed E-state index contributed by atoms with van der Waals surface area (Å²) < 4.78 is 10.5. The number of aliphatic hydroxyl groups excluding tert-OH is 1. The molecular weight excluding hydrogens is 541 g/mol. The molecule has 11 nitrogen and oxygen atoms in total. The summed E-state index contributed by atoms with van der Waals surface area (Å²) in [5, 5.41) is 32.9. The Labute approximate surface area is 228 Å². The van der Waals surface area contributed by atoms with Crippen LogP contribution in [0.5, 0.6) is 17.2 Å². The molecule has 1 heterocycles. The van der Waals surface area contributed by atoms with Crippen LogP contribution in [-0.4, -0.2) is 77.0 Å². The smallest absolute Gasteiger partial charge is 0.311 e. The van der Waals surface area contributed by atoms with Gasteiger partial charge in [-0.15, -0.1) is 0 Å². The molecule has 1 aliphatic rings. The van der Waals surface area contributed by atoms with Crippen molar-refractivity contribution in [1.29, 1.82) is 0 Å². The fraction of sp³-hybridized carbons (Fsp3) is 0.360. The van der Waals surface area contributed by atoms with Crippen molar-refractivity contribution in [2.45, 2.75) is 19.9 Å². The number of phenolic OH excluding ortho intramolecular Hbond substituents is 1. The van der Waals surface area contributed by atoms with Crippen molar-refractivity contribution in [2.24, 2.45) is 0 Å². The van der Waals surface area contributed by atoms with Gasteiger partial charge in [0.05, 0.1) is 41.3 Å². The van der Waals surface area contributed by atoms with E-state index in [9.17, 15) is 29.9 Å². The number of nitro benzene ring substituents is 1. The van der Waals surface area contributed by atoms with Crippen molar-refractivity contribution in [3.8, 4) is 17.2 Å². The van der Waals surface area contributed by atoms with E-state index < -0.39 is 39.9 Å². The Morgan fingerprint density at radius 1 is 1.13 bits per heavy atom. The second kappa shape index (κ2) is 11.9. The Bertz CT molecular complexity index is 1310. The average Bonchev–Trinajstić information content (AvgIpc) is 3.14. The minimum Gasteiger partial charge on any atom is -0.507 e. The highest BCUT2D eigenvalue weighted by molar-refractivity contribution is 6.47. The van der Waals surface area contributed by atoms with E-state index in [0.717, 1.165) is 12.1 Å². The zero-order chi connectivity index (χ0) is 28.3. The lowest BCUT2D eigenvalue weighted by molar-refractivity contribution is -0.385. The number of aliphatic hydroxyl groups is 1. The van der Waals surface area contributed by atoms with Gasteiger partial charge >= 0.3 is 5.69 Å². The van der Waals surface area contributed by atoms with Gasteiger partial charge in [0.15, 0.2) is 17.2 Å². The van der Waals surface area contributed by atoms with Crippen LogP contribution in [0, 0.1) is 10.1 Å². The normalized spacial score (nSPS) is 16.8. The van der Waals surface area contributed by atoms with E-state index in [1.807, 2.05) is 18.7 Å². The molecule has 3 rings (SSSR count). The summed E-state index contributed by atoms with van der Waals surface area (Å²) in [6.45, 7) is 5.76. The lowest BCUT2D eigenvalue weighted by atomic mass is 9.94. The van der Waals surface area contributed by atoms with Gasteiger partial charge in [-0.3, -0.25) is 19.7 Å². The van der Waals surface area contributed by atoms with Crippen LogP contribution in [0.3, 0.4) is 0 Å². The zero-order valence-electron chi connectivity index (χ0n) is 21.2. The first-order valence-corrected chi connectivity index (χ1v) is 12.4. The number of nitro groups is 1. The highest BCUT2D eigenvalue weighted by atomic mass is 35.5. The van der Waals surface area contributed by atoms with E-state index >= 15 is 0 Å². The Balaban J connectivity index is 2.30. The molecule has 1 unspecified atom stereocenters. The summed E-state index contributed by atoms with van der Waals surface area (Å²) in [4.78, 5) is 40.6. The standard InChI is InChI=1S/C25H27Cl2N3O8/c1-5-28(6-2)9-10-29-20(13-7-8-17(31)16(11-13)30(35)36)18(22(33)25(29)34)21(32)14-12-15(26)24(38-4)19(27)23(14)37-3/h7-8,11-12,20,31-32H,5-6,9-10H2,1-4H3/b21-18+. The molecule has 1 fully saturated rings. The summed E-state index contributed by atoms with van der Waals surface area (Å²) in [7, 11) is 2.63. The number of Topliss-reactive ketones (excluding diaryl/α,β-unsaturated/α-hetero) is 1. The number of methoxy groups -OCH3 is 2. The largest absolute Gasteiger partial charge is 0.507 e. The number of phenols is 1. The van der Waals surface area contributed by atoms with E-state index in [-0.39, 0.29) is 44.8 Å². The van der Waals surface area contributed by atoms with E-state index in [1.165, 1.54) is 31.3 Å². The third-order valence-electron chi connectivity index (χ3n) is 6.40. The lowest BCUT2D eigenvalue weighted by Crippen LogP contribution is -2.38. The molecule has 0 saturated carbocycles. The second-order valence-corrected chi connectivity index (χ2v) is 9.10. The van der Waals surface area contributed by atoms with Crippen LogP contribution in [0.25, 0.3) is 5.76 Å². The van der Waals surface area contributed by atoms with Gasteiger partial charge in [0.25, 0.3) is 11.7 Å². The third-order valence-corrected chi connectivity index (χ3v) is 7.02. The molecule has 0 spiro atoms. The number of likely N-dealkylation sites (N-methyl/N-ethyl adjacent to an activating group) is 1. The van der Waals surface area contributed by atoms with Crippen molar-refractivity contribution in [3.63, 3.8) is 0 Å². The molecule has 2 aromatic carbocycles. The minimum atomic E-state index is -1.21. The Kier molecular flexibility index (Phi) is 9.08. The second-order valence-electron chi connectivity index (χ2n) is 8.31. The molecule has 0 bridgehead atoms. The fourth-order valence-corrected chi connectivity index (χ4v) is 5.08. The molecule has 1 amide bonds. The minimum absolute atomic E-state index is 0.00688. The van der Waals surface area contributed by atoms with Crippen LogP contribution in [0.1, 0.15) is 31.0 Å². The predicted molar refractivity (Wildman–Crippen MR) is 141 cm³/mol. The van der Waals surface area contributed by atoms with E-state index in [2.05, 4.69) is 0 Å². The number of carbonyl (C=O) groups is 2. The van der Waals surface area contributed by atoms with Gasteiger partial charge in [-0.05, 0) is 30.8 Å². The monoisotopic (exact) mass is 567 g/mol. The Morgan fingerprint density at radius 3 is 2.32 bits per heavy atom. The number of hydrogen-bond donors (Lipinski definition) is 2. The SMILES string of the molecule is CCN(CC)CCN1C(=O)C(=O)/C(=C(/O)c2cc(Cl)c(OC)c(Cl)c2OC)C1c1ccc(O)c([N+](=O)[O-])c1. The average molecular weight is 568 g/mol. The van der Waals surface area contributed by atoms with Crippen molar-refractivity contribution in [1.82, 2.24) is 9.80 Å². The Hall–Kier alpha value is -3.54. The summed E-state index contributed by atoms with van der Waals surface area (Å²) in [5.74, 6) is -3.12. The van der Waals surface area contributed by atoms with Crippen LogP contribution < -0.4 is 9.47 Å². The van der Waals surface area contributed by atoms with Crippen LogP contribution in [-0.2, 0) is 9.59 Å². The summed E-state index contributed by atoms with van der Waals surface area (Å²) in [6.07, 6.45) is 0. The number of ether oxygens (including phenoxy) is 2. The van der Waals surface area contributed by atoms with Crippen molar-refractivity contribution < 1.29 is 34.2 Å². The van der Waals surface area contributed by atoms with Crippen LogP contribution >= 0.6 is 23.2 Å². The van der Waals surface area contributed by atoms with E-state index in [4.69, 9.17) is 32.7 Å². The zero-order valence-corrected chi connectivity index (χ0v) is 22.7. The summed E-state index contributed by atoms with van der Waals surface area (Å²) in [5.41, 5.74) is -0.905. The van der Waals surface area contributed by atoms with E-state index in [0.29, 0.717) is 19.6 Å². The first kappa shape index (κ1) is 29.0.